The van der Waals surface area contributed by atoms with E-state index >= 15 is 0 Å². The third kappa shape index (κ3) is 3.75. The van der Waals surface area contributed by atoms with Crippen LogP contribution in [-0.4, -0.2) is 16.7 Å². The number of benzene rings is 3. The van der Waals surface area contributed by atoms with E-state index in [-0.39, 0.29) is 11.6 Å². The summed E-state index contributed by atoms with van der Waals surface area (Å²) in [6.07, 6.45) is 1.69. The zero-order valence-electron chi connectivity index (χ0n) is 15.7. The van der Waals surface area contributed by atoms with Crippen molar-refractivity contribution < 1.29 is 4.79 Å². The number of carbonyl (C=O) groups is 1. The molecule has 8 heteroatoms. The molecule has 1 amide bonds. The van der Waals surface area contributed by atoms with Crippen LogP contribution in [0.4, 0.5) is 5.13 Å². The van der Waals surface area contributed by atoms with Crippen molar-refractivity contribution in [3.05, 3.63) is 98.6 Å². The summed E-state index contributed by atoms with van der Waals surface area (Å²) in [7, 11) is 0. The van der Waals surface area contributed by atoms with Crippen LogP contribution in [0.25, 0.3) is 16.3 Å². The van der Waals surface area contributed by atoms with Gasteiger partial charge in [-0.05, 0) is 29.8 Å². The van der Waals surface area contributed by atoms with Crippen molar-refractivity contribution in [3.8, 4) is 0 Å². The second-order valence-electron chi connectivity index (χ2n) is 6.72. The molecule has 0 N–H and O–H groups in total. The standard InChI is InChI=1S/C23H12Cl3N3OS/c24-15-9-5-4-8-14(15)10-19-22(30)29(21(27-19)13-6-2-1-3-7-13)23-28-18-11-16(25)17(26)12-20(18)31-23/h1-12H/b19-10-. The molecule has 4 nitrogen and oxygen atoms in total. The Morgan fingerprint density at radius 2 is 1.58 bits per heavy atom. The van der Waals surface area contributed by atoms with E-state index < -0.39 is 0 Å². The van der Waals surface area contributed by atoms with Crippen LogP contribution in [0.1, 0.15) is 11.1 Å². The van der Waals surface area contributed by atoms with Crippen molar-refractivity contribution in [2.24, 2.45) is 4.99 Å². The van der Waals surface area contributed by atoms with Gasteiger partial charge in [0, 0.05) is 10.6 Å². The van der Waals surface area contributed by atoms with Gasteiger partial charge in [-0.1, -0.05) is 94.7 Å². The number of fused-ring (bicyclic) bond motifs is 1. The molecule has 3 aromatic carbocycles. The molecule has 0 fully saturated rings. The van der Waals surface area contributed by atoms with E-state index in [0.29, 0.717) is 37.1 Å². The smallest absolute Gasteiger partial charge is 0.266 e. The Kier molecular flexibility index (Phi) is 5.28. The highest BCUT2D eigenvalue weighted by Crippen LogP contribution is 2.37. The van der Waals surface area contributed by atoms with Crippen molar-refractivity contribution in [3.63, 3.8) is 0 Å². The fraction of sp³-hybridized carbons (Fsp3) is 0. The van der Waals surface area contributed by atoms with E-state index in [4.69, 9.17) is 34.8 Å². The SMILES string of the molecule is O=C1/C(=C/c2ccccc2Cl)N=C(c2ccccc2)N1c1nc2cc(Cl)c(Cl)cc2s1. The molecule has 0 bridgehead atoms. The lowest BCUT2D eigenvalue weighted by atomic mass is 10.2. The number of hydrogen-bond donors (Lipinski definition) is 0. The number of amides is 1. The Morgan fingerprint density at radius 3 is 2.35 bits per heavy atom. The molecule has 31 heavy (non-hydrogen) atoms. The normalized spacial score (nSPS) is 15.2. The highest BCUT2D eigenvalue weighted by atomic mass is 35.5. The van der Waals surface area contributed by atoms with Crippen LogP contribution < -0.4 is 4.90 Å². The van der Waals surface area contributed by atoms with Crippen molar-refractivity contribution in [1.29, 1.82) is 0 Å². The fourth-order valence-electron chi connectivity index (χ4n) is 3.22. The lowest BCUT2D eigenvalue weighted by Crippen LogP contribution is -2.32. The van der Waals surface area contributed by atoms with E-state index in [2.05, 4.69) is 9.98 Å². The molecule has 2 heterocycles. The van der Waals surface area contributed by atoms with Crippen LogP contribution in [0.2, 0.25) is 15.1 Å². The van der Waals surface area contributed by atoms with Gasteiger partial charge in [0.2, 0.25) is 0 Å². The summed E-state index contributed by atoms with van der Waals surface area (Å²) >= 11 is 19.9. The Morgan fingerprint density at radius 1 is 0.871 bits per heavy atom. The van der Waals surface area contributed by atoms with Gasteiger partial charge in [0.15, 0.2) is 5.13 Å². The molecule has 0 saturated carbocycles. The molecular weight excluding hydrogens is 473 g/mol. The van der Waals surface area contributed by atoms with Crippen molar-refractivity contribution in [1.82, 2.24) is 4.98 Å². The van der Waals surface area contributed by atoms with Crippen LogP contribution in [0.15, 0.2) is 77.4 Å². The third-order valence-electron chi connectivity index (χ3n) is 4.70. The first-order valence-corrected chi connectivity index (χ1v) is 11.2. The second kappa shape index (κ2) is 8.09. The summed E-state index contributed by atoms with van der Waals surface area (Å²) in [5.41, 5.74) is 2.46. The van der Waals surface area contributed by atoms with Gasteiger partial charge in [0.05, 0.1) is 20.3 Å². The average molecular weight is 485 g/mol. The monoisotopic (exact) mass is 483 g/mol. The van der Waals surface area contributed by atoms with Gasteiger partial charge in [-0.2, -0.15) is 0 Å². The van der Waals surface area contributed by atoms with Crippen molar-refractivity contribution in [2.45, 2.75) is 0 Å². The molecule has 0 atom stereocenters. The fourth-order valence-corrected chi connectivity index (χ4v) is 4.79. The lowest BCUT2D eigenvalue weighted by Gasteiger charge is -2.14. The zero-order chi connectivity index (χ0) is 21.5. The summed E-state index contributed by atoms with van der Waals surface area (Å²) in [5.74, 6) is 0.218. The predicted octanol–water partition coefficient (Wildman–Crippen LogP) is 7.09. The van der Waals surface area contributed by atoms with E-state index in [0.717, 1.165) is 10.3 Å². The average Bonchev–Trinajstić information content (AvgIpc) is 3.31. The van der Waals surface area contributed by atoms with Gasteiger partial charge in [-0.15, -0.1) is 0 Å². The summed E-state index contributed by atoms with van der Waals surface area (Å²) < 4.78 is 0.827. The molecule has 152 valence electrons. The Bertz CT molecular complexity index is 1360. The molecular formula is C23H12Cl3N3OS. The summed E-state index contributed by atoms with van der Waals surface area (Å²) in [5, 5.41) is 1.88. The molecule has 1 aliphatic rings. The number of nitrogens with zero attached hydrogens (tertiary/aromatic N) is 3. The molecule has 0 unspecified atom stereocenters. The van der Waals surface area contributed by atoms with Crippen LogP contribution in [-0.2, 0) is 4.79 Å². The topological polar surface area (TPSA) is 45.6 Å². The van der Waals surface area contributed by atoms with Crippen LogP contribution >= 0.6 is 46.1 Å². The van der Waals surface area contributed by atoms with Gasteiger partial charge in [0.25, 0.3) is 5.91 Å². The number of hydrogen-bond acceptors (Lipinski definition) is 4. The van der Waals surface area contributed by atoms with Crippen LogP contribution in [0.3, 0.4) is 0 Å². The van der Waals surface area contributed by atoms with E-state index in [1.807, 2.05) is 48.5 Å². The Labute approximate surface area is 197 Å². The zero-order valence-corrected chi connectivity index (χ0v) is 18.8. The molecule has 0 spiro atoms. The highest BCUT2D eigenvalue weighted by Gasteiger charge is 2.34. The molecule has 0 saturated heterocycles. The van der Waals surface area contributed by atoms with Gasteiger partial charge in [-0.25, -0.2) is 14.9 Å². The van der Waals surface area contributed by atoms with Gasteiger partial charge in [0.1, 0.15) is 11.5 Å². The van der Waals surface area contributed by atoms with Gasteiger partial charge in [-0.3, -0.25) is 4.79 Å². The first kappa shape index (κ1) is 20.2. The Balaban J connectivity index is 1.66. The maximum atomic E-state index is 13.4. The minimum Gasteiger partial charge on any atom is -0.266 e. The minimum absolute atomic E-state index is 0.280. The lowest BCUT2D eigenvalue weighted by molar-refractivity contribution is -0.113. The molecule has 5 rings (SSSR count). The first-order chi connectivity index (χ1) is 15.0. The minimum atomic E-state index is -0.282. The molecule has 1 aromatic heterocycles. The maximum absolute atomic E-state index is 13.4. The second-order valence-corrected chi connectivity index (χ2v) is 8.95. The highest BCUT2D eigenvalue weighted by molar-refractivity contribution is 7.22. The molecule has 0 radical (unpaired) electrons. The quantitative estimate of drug-likeness (QED) is 0.291. The largest absolute Gasteiger partial charge is 0.284 e. The number of rotatable bonds is 3. The first-order valence-electron chi connectivity index (χ1n) is 9.21. The number of carbonyl (C=O) groups excluding carboxylic acids is 1. The number of halogens is 3. The maximum Gasteiger partial charge on any atom is 0.284 e. The third-order valence-corrected chi connectivity index (χ3v) is 6.77. The molecule has 0 aliphatic carbocycles. The number of anilines is 1. The summed E-state index contributed by atoms with van der Waals surface area (Å²) in [4.78, 5) is 24.2. The Hall–Kier alpha value is -2.70. The van der Waals surface area contributed by atoms with Crippen LogP contribution in [0.5, 0.6) is 0 Å². The molecule has 4 aromatic rings. The van der Waals surface area contributed by atoms with E-state index in [1.54, 1.807) is 24.3 Å². The van der Waals surface area contributed by atoms with Gasteiger partial charge >= 0.3 is 0 Å². The van der Waals surface area contributed by atoms with Gasteiger partial charge < -0.3 is 0 Å². The predicted molar refractivity (Wildman–Crippen MR) is 130 cm³/mol. The summed E-state index contributed by atoms with van der Waals surface area (Å²) in [6, 6.07) is 20.3. The van der Waals surface area contributed by atoms with E-state index in [1.165, 1.54) is 16.2 Å². The number of amidine groups is 1. The van der Waals surface area contributed by atoms with Crippen LogP contribution in [0, 0.1) is 0 Å². The summed E-state index contributed by atoms with van der Waals surface area (Å²) in [6.45, 7) is 0. The van der Waals surface area contributed by atoms with E-state index in [9.17, 15) is 4.79 Å². The van der Waals surface area contributed by atoms with Crippen molar-refractivity contribution >= 4 is 79.3 Å². The van der Waals surface area contributed by atoms with Crippen molar-refractivity contribution in [2.75, 3.05) is 4.90 Å². The number of aliphatic imine (C=N–C) groups is 1. The number of aromatic nitrogens is 1. The number of thiazole rings is 1. The molecule has 1 aliphatic heterocycles.